The highest BCUT2D eigenvalue weighted by Crippen LogP contribution is 2.38. The number of Topliss-reactive ketones (excluding diaryl/α,β-unsaturated/α-hetero) is 1. The Morgan fingerprint density at radius 1 is 0.892 bits per heavy atom. The lowest BCUT2D eigenvalue weighted by molar-refractivity contribution is -0.112. The first-order valence-electron chi connectivity index (χ1n) is 12.2. The molecule has 2 amide bonds. The predicted octanol–water partition coefficient (Wildman–Crippen LogP) is 3.65. The van der Waals surface area contributed by atoms with Gasteiger partial charge in [-0.15, -0.1) is 0 Å². The molecule has 2 aromatic carbocycles. The van der Waals surface area contributed by atoms with Gasteiger partial charge in [0.2, 0.25) is 11.7 Å². The zero-order valence-corrected chi connectivity index (χ0v) is 22.1. The van der Waals surface area contributed by atoms with Crippen molar-refractivity contribution in [3.05, 3.63) is 59.2 Å². The molecular formula is C28H35N3O6. The second kappa shape index (κ2) is 12.9. The number of nitrogens with one attached hydrogen (secondary N) is 1. The van der Waals surface area contributed by atoms with Crippen LogP contribution in [0.3, 0.4) is 0 Å². The van der Waals surface area contributed by atoms with E-state index in [4.69, 9.17) is 14.2 Å². The maximum atomic E-state index is 13.1. The van der Waals surface area contributed by atoms with Crippen molar-refractivity contribution in [2.75, 3.05) is 59.4 Å². The molecule has 1 aliphatic rings. The van der Waals surface area contributed by atoms with Crippen LogP contribution in [0.25, 0.3) is 0 Å². The van der Waals surface area contributed by atoms with Crippen LogP contribution in [0.15, 0.2) is 48.0 Å². The molecule has 0 atom stereocenters. The van der Waals surface area contributed by atoms with Gasteiger partial charge in [0.25, 0.3) is 5.91 Å². The number of amides is 2. The van der Waals surface area contributed by atoms with Crippen LogP contribution < -0.4 is 19.5 Å². The van der Waals surface area contributed by atoms with Gasteiger partial charge in [0.05, 0.1) is 21.3 Å². The molecule has 198 valence electrons. The Balaban J connectivity index is 1.54. The number of methoxy groups -OCH3 is 3. The van der Waals surface area contributed by atoms with Crippen LogP contribution in [-0.2, 0) is 4.79 Å². The zero-order valence-electron chi connectivity index (χ0n) is 22.1. The first-order valence-corrected chi connectivity index (χ1v) is 12.2. The van der Waals surface area contributed by atoms with Crippen molar-refractivity contribution >= 4 is 23.3 Å². The fourth-order valence-electron chi connectivity index (χ4n) is 4.18. The maximum Gasteiger partial charge on any atom is 0.254 e. The highest BCUT2D eigenvalue weighted by atomic mass is 16.5. The summed E-state index contributed by atoms with van der Waals surface area (Å²) < 4.78 is 16.1. The van der Waals surface area contributed by atoms with Crippen molar-refractivity contribution in [3.63, 3.8) is 0 Å². The van der Waals surface area contributed by atoms with Crippen molar-refractivity contribution in [3.8, 4) is 17.2 Å². The highest BCUT2D eigenvalue weighted by molar-refractivity contribution is 6.02. The number of benzene rings is 2. The summed E-state index contributed by atoms with van der Waals surface area (Å²) in [5.41, 5.74) is 2.52. The maximum absolute atomic E-state index is 13.1. The molecule has 0 saturated carbocycles. The van der Waals surface area contributed by atoms with Gasteiger partial charge in [0.1, 0.15) is 0 Å². The third kappa shape index (κ3) is 7.33. The largest absolute Gasteiger partial charge is 0.493 e. The summed E-state index contributed by atoms with van der Waals surface area (Å²) in [6.45, 7) is 6.74. The Kier molecular flexibility index (Phi) is 9.68. The zero-order chi connectivity index (χ0) is 26.9. The summed E-state index contributed by atoms with van der Waals surface area (Å²) in [4.78, 5) is 41.8. The number of rotatable bonds is 10. The lowest BCUT2D eigenvalue weighted by Gasteiger charge is -2.34. The van der Waals surface area contributed by atoms with E-state index in [1.807, 2.05) is 13.8 Å². The van der Waals surface area contributed by atoms with E-state index in [0.29, 0.717) is 73.2 Å². The number of hydrogen-bond donors (Lipinski definition) is 1. The van der Waals surface area contributed by atoms with Crippen molar-refractivity contribution in [1.29, 1.82) is 0 Å². The number of ketones is 1. The highest BCUT2D eigenvalue weighted by Gasteiger charge is 2.25. The summed E-state index contributed by atoms with van der Waals surface area (Å²) in [5.74, 6) is 0.988. The Morgan fingerprint density at radius 2 is 1.54 bits per heavy atom. The van der Waals surface area contributed by atoms with Gasteiger partial charge in [0, 0.05) is 62.0 Å². The van der Waals surface area contributed by atoms with Gasteiger partial charge in [-0.2, -0.15) is 0 Å². The molecule has 1 fully saturated rings. The summed E-state index contributed by atoms with van der Waals surface area (Å²) in [7, 11) is 4.55. The van der Waals surface area contributed by atoms with E-state index in [1.54, 1.807) is 41.3 Å². The molecule has 0 aromatic heterocycles. The van der Waals surface area contributed by atoms with Crippen LogP contribution in [0.1, 0.15) is 41.0 Å². The van der Waals surface area contributed by atoms with Crippen LogP contribution in [-0.4, -0.2) is 81.5 Å². The first kappa shape index (κ1) is 27.7. The second-order valence-electron chi connectivity index (χ2n) is 9.01. The SMILES string of the molecule is COc1cc(C(=O)N2CCN(CCC(=O)c3cccc(NC(=O)C=C(C)C)c3)CC2)cc(OC)c1OC. The minimum absolute atomic E-state index is 0.00856. The van der Waals surface area contributed by atoms with Crippen molar-refractivity contribution in [2.24, 2.45) is 0 Å². The van der Waals surface area contributed by atoms with Crippen molar-refractivity contribution in [1.82, 2.24) is 9.80 Å². The molecule has 37 heavy (non-hydrogen) atoms. The van der Waals surface area contributed by atoms with Crippen LogP contribution in [0.4, 0.5) is 5.69 Å². The molecule has 0 radical (unpaired) electrons. The second-order valence-corrected chi connectivity index (χ2v) is 9.01. The Morgan fingerprint density at radius 3 is 2.11 bits per heavy atom. The minimum atomic E-state index is -0.219. The van der Waals surface area contributed by atoms with Crippen LogP contribution in [0.2, 0.25) is 0 Å². The van der Waals surface area contributed by atoms with Crippen molar-refractivity contribution < 1.29 is 28.6 Å². The molecule has 3 rings (SSSR count). The van der Waals surface area contributed by atoms with E-state index in [2.05, 4.69) is 10.2 Å². The molecule has 0 spiro atoms. The molecule has 1 N–H and O–H groups in total. The van der Waals surface area contributed by atoms with E-state index < -0.39 is 0 Å². The molecule has 1 saturated heterocycles. The fraction of sp³-hybridized carbons (Fsp3) is 0.393. The third-order valence-corrected chi connectivity index (χ3v) is 6.10. The van der Waals surface area contributed by atoms with E-state index in [0.717, 1.165) is 5.57 Å². The molecule has 9 nitrogen and oxygen atoms in total. The quantitative estimate of drug-likeness (QED) is 0.386. The molecule has 2 aromatic rings. The molecular weight excluding hydrogens is 474 g/mol. The molecule has 0 bridgehead atoms. The number of piperazine rings is 1. The standard InChI is InChI=1S/C28H35N3O6/c1-19(2)15-26(33)29-22-8-6-7-20(16-22)23(32)9-10-30-11-13-31(14-12-30)28(34)21-17-24(35-3)27(37-5)25(18-21)36-4/h6-8,15-18H,9-14H2,1-5H3,(H,29,33). The number of allylic oxidation sites excluding steroid dienone is 1. The fourth-order valence-corrected chi connectivity index (χ4v) is 4.18. The normalized spacial score (nSPS) is 13.5. The summed E-state index contributed by atoms with van der Waals surface area (Å²) in [6.07, 6.45) is 1.87. The smallest absolute Gasteiger partial charge is 0.254 e. The third-order valence-electron chi connectivity index (χ3n) is 6.10. The van der Waals surface area contributed by atoms with Crippen LogP contribution in [0.5, 0.6) is 17.2 Å². The molecule has 0 aliphatic carbocycles. The van der Waals surface area contributed by atoms with E-state index in [1.165, 1.54) is 27.4 Å². The van der Waals surface area contributed by atoms with Crippen LogP contribution in [0, 0.1) is 0 Å². The monoisotopic (exact) mass is 509 g/mol. The average molecular weight is 510 g/mol. The Bertz CT molecular complexity index is 1140. The van der Waals surface area contributed by atoms with Gasteiger partial charge in [-0.3, -0.25) is 19.3 Å². The summed E-state index contributed by atoms with van der Waals surface area (Å²) in [5, 5.41) is 2.79. The van der Waals surface area contributed by atoms with Gasteiger partial charge < -0.3 is 24.4 Å². The van der Waals surface area contributed by atoms with Gasteiger partial charge in [-0.25, -0.2) is 0 Å². The average Bonchev–Trinajstić information content (AvgIpc) is 2.90. The summed E-state index contributed by atoms with van der Waals surface area (Å²) >= 11 is 0. The van der Waals surface area contributed by atoms with Gasteiger partial charge >= 0.3 is 0 Å². The molecule has 0 unspecified atom stereocenters. The minimum Gasteiger partial charge on any atom is -0.493 e. The van der Waals surface area contributed by atoms with Gasteiger partial charge in [-0.05, 0) is 38.1 Å². The first-order chi connectivity index (χ1) is 17.7. The number of nitrogens with zero attached hydrogens (tertiary/aromatic N) is 2. The van der Waals surface area contributed by atoms with Crippen molar-refractivity contribution in [2.45, 2.75) is 20.3 Å². The lowest BCUT2D eigenvalue weighted by atomic mass is 10.1. The van der Waals surface area contributed by atoms with Gasteiger partial charge in [-0.1, -0.05) is 17.7 Å². The van der Waals surface area contributed by atoms with E-state index in [-0.39, 0.29) is 17.6 Å². The molecule has 1 heterocycles. The van der Waals surface area contributed by atoms with E-state index >= 15 is 0 Å². The number of carbonyl (C=O) groups is 3. The lowest BCUT2D eigenvalue weighted by Crippen LogP contribution is -2.49. The molecule has 1 aliphatic heterocycles. The number of carbonyl (C=O) groups excluding carboxylic acids is 3. The number of hydrogen-bond acceptors (Lipinski definition) is 7. The Labute approximate surface area is 218 Å². The van der Waals surface area contributed by atoms with E-state index in [9.17, 15) is 14.4 Å². The molecule has 9 heteroatoms. The number of anilines is 1. The predicted molar refractivity (Wildman–Crippen MR) is 142 cm³/mol. The van der Waals surface area contributed by atoms with Gasteiger partial charge in [0.15, 0.2) is 17.3 Å². The van der Waals surface area contributed by atoms with Crippen LogP contribution >= 0.6 is 0 Å². The Hall–Kier alpha value is -3.85. The topological polar surface area (TPSA) is 97.4 Å². The number of ether oxygens (including phenoxy) is 3. The summed E-state index contributed by atoms with van der Waals surface area (Å²) in [6, 6.07) is 10.3.